The quantitative estimate of drug-likeness (QED) is 0.824. The van der Waals surface area contributed by atoms with Crippen LogP contribution in [0.15, 0.2) is 29.2 Å². The predicted molar refractivity (Wildman–Crippen MR) is 81.6 cm³/mol. The van der Waals surface area contributed by atoms with Gasteiger partial charge in [0.1, 0.15) is 0 Å². The number of rotatable bonds is 7. The minimum Gasteiger partial charge on any atom is -0.389 e. The first-order valence-corrected chi connectivity index (χ1v) is 8.51. The van der Waals surface area contributed by atoms with Crippen LogP contribution in [-0.4, -0.2) is 49.4 Å². The molecule has 0 saturated heterocycles. The second kappa shape index (κ2) is 7.03. The second-order valence-electron chi connectivity index (χ2n) is 5.64. The van der Waals surface area contributed by atoms with Gasteiger partial charge in [0, 0.05) is 13.1 Å². The predicted octanol–water partition coefficient (Wildman–Crippen LogP) is 1.42. The smallest absolute Gasteiger partial charge is 0.179 e. The number of hydrogen-bond acceptors (Lipinski definition) is 5. The Hall–Kier alpha value is -1.42. The number of aliphatic hydroxyl groups is 1. The van der Waals surface area contributed by atoms with E-state index in [0.29, 0.717) is 25.2 Å². The summed E-state index contributed by atoms with van der Waals surface area (Å²) in [6.45, 7) is 6.74. The van der Waals surface area contributed by atoms with Crippen LogP contribution in [0.2, 0.25) is 0 Å². The molecule has 0 heterocycles. The molecule has 0 unspecified atom stereocenters. The first-order valence-electron chi connectivity index (χ1n) is 6.85. The standard InChI is InChI=1S/C15H22N2O3S/c1-4-17(12-15(2,3)18)8-9-21(19,20)14-7-5-6-13(10-14)11-16/h5-7,10,18H,4,8-9,12H2,1-3H3. The molecule has 0 amide bonds. The fourth-order valence-corrected chi connectivity index (χ4v) is 3.35. The zero-order valence-corrected chi connectivity index (χ0v) is 13.5. The van der Waals surface area contributed by atoms with E-state index in [9.17, 15) is 13.5 Å². The van der Waals surface area contributed by atoms with Gasteiger partial charge >= 0.3 is 0 Å². The summed E-state index contributed by atoms with van der Waals surface area (Å²) in [5.74, 6) is -0.0359. The third-order valence-electron chi connectivity index (χ3n) is 3.06. The molecule has 0 saturated carbocycles. The molecular weight excluding hydrogens is 288 g/mol. The summed E-state index contributed by atoms with van der Waals surface area (Å²) < 4.78 is 24.6. The lowest BCUT2D eigenvalue weighted by Gasteiger charge is -2.27. The van der Waals surface area contributed by atoms with Crippen molar-refractivity contribution in [1.29, 1.82) is 5.26 Å². The van der Waals surface area contributed by atoms with Crippen LogP contribution < -0.4 is 0 Å². The summed E-state index contributed by atoms with van der Waals surface area (Å²) in [4.78, 5) is 2.06. The summed E-state index contributed by atoms with van der Waals surface area (Å²) in [6.07, 6.45) is 0. The highest BCUT2D eigenvalue weighted by molar-refractivity contribution is 7.91. The van der Waals surface area contributed by atoms with E-state index in [4.69, 9.17) is 5.26 Å². The molecule has 0 aliphatic heterocycles. The van der Waals surface area contributed by atoms with E-state index in [2.05, 4.69) is 0 Å². The van der Waals surface area contributed by atoms with Gasteiger partial charge in [-0.3, -0.25) is 4.90 Å². The van der Waals surface area contributed by atoms with Gasteiger partial charge in [0.15, 0.2) is 9.84 Å². The van der Waals surface area contributed by atoms with Gasteiger partial charge in [0.25, 0.3) is 0 Å². The zero-order chi connectivity index (χ0) is 16.1. The Morgan fingerprint density at radius 3 is 2.57 bits per heavy atom. The van der Waals surface area contributed by atoms with Crippen molar-refractivity contribution in [1.82, 2.24) is 4.90 Å². The second-order valence-corrected chi connectivity index (χ2v) is 7.75. The molecule has 6 heteroatoms. The number of hydrogen-bond donors (Lipinski definition) is 1. The van der Waals surface area contributed by atoms with Crippen molar-refractivity contribution in [3.05, 3.63) is 29.8 Å². The van der Waals surface area contributed by atoms with Gasteiger partial charge in [-0.2, -0.15) is 5.26 Å². The van der Waals surface area contributed by atoms with Crippen LogP contribution in [0.4, 0.5) is 0 Å². The lowest BCUT2D eigenvalue weighted by molar-refractivity contribution is 0.0398. The summed E-state index contributed by atoms with van der Waals surface area (Å²) in [6, 6.07) is 7.98. The molecule has 0 aliphatic carbocycles. The van der Waals surface area contributed by atoms with E-state index < -0.39 is 15.4 Å². The minimum absolute atomic E-state index is 0.0359. The normalized spacial score (nSPS) is 12.4. The topological polar surface area (TPSA) is 81.4 Å². The Kier molecular flexibility index (Phi) is 5.90. The number of nitriles is 1. The average Bonchev–Trinajstić information content (AvgIpc) is 2.42. The maximum atomic E-state index is 12.3. The Labute approximate surface area is 126 Å². The lowest BCUT2D eigenvalue weighted by Crippen LogP contribution is -2.40. The molecule has 0 spiro atoms. The molecule has 1 rings (SSSR count). The number of benzene rings is 1. The maximum Gasteiger partial charge on any atom is 0.179 e. The van der Waals surface area contributed by atoms with Gasteiger partial charge in [0.05, 0.1) is 27.9 Å². The van der Waals surface area contributed by atoms with E-state index in [1.54, 1.807) is 26.0 Å². The van der Waals surface area contributed by atoms with Crippen molar-refractivity contribution < 1.29 is 13.5 Å². The Balaban J connectivity index is 2.78. The highest BCUT2D eigenvalue weighted by Gasteiger charge is 2.20. The van der Waals surface area contributed by atoms with E-state index in [0.717, 1.165) is 0 Å². The van der Waals surface area contributed by atoms with Crippen molar-refractivity contribution in [2.24, 2.45) is 0 Å². The molecule has 0 bridgehead atoms. The Morgan fingerprint density at radius 2 is 2.05 bits per heavy atom. The molecule has 1 aromatic carbocycles. The molecule has 21 heavy (non-hydrogen) atoms. The van der Waals surface area contributed by atoms with Gasteiger partial charge < -0.3 is 5.11 Å². The van der Waals surface area contributed by atoms with E-state index in [-0.39, 0.29) is 10.6 Å². The fourth-order valence-electron chi connectivity index (χ4n) is 2.02. The van der Waals surface area contributed by atoms with E-state index in [1.165, 1.54) is 12.1 Å². The zero-order valence-electron chi connectivity index (χ0n) is 12.7. The van der Waals surface area contributed by atoms with Crippen LogP contribution in [0.1, 0.15) is 26.3 Å². The van der Waals surface area contributed by atoms with Gasteiger partial charge in [0.2, 0.25) is 0 Å². The fraction of sp³-hybridized carbons (Fsp3) is 0.533. The monoisotopic (exact) mass is 310 g/mol. The molecule has 0 atom stereocenters. The van der Waals surface area contributed by atoms with Gasteiger partial charge in [-0.15, -0.1) is 0 Å². The summed E-state index contributed by atoms with van der Waals surface area (Å²) in [7, 11) is -3.43. The van der Waals surface area contributed by atoms with Gasteiger partial charge in [-0.1, -0.05) is 13.0 Å². The third kappa shape index (κ3) is 5.84. The summed E-state index contributed by atoms with van der Waals surface area (Å²) >= 11 is 0. The molecule has 1 N–H and O–H groups in total. The van der Waals surface area contributed by atoms with Crippen molar-refractivity contribution in [2.45, 2.75) is 31.3 Å². The number of likely N-dealkylation sites (N-methyl/N-ethyl adjacent to an activating group) is 1. The van der Waals surface area contributed by atoms with E-state index >= 15 is 0 Å². The SMILES string of the molecule is CCN(CCS(=O)(=O)c1cccc(C#N)c1)CC(C)(C)O. The molecule has 0 fully saturated rings. The van der Waals surface area contributed by atoms with Crippen LogP contribution in [0.3, 0.4) is 0 Å². The van der Waals surface area contributed by atoms with E-state index in [1.807, 2.05) is 17.9 Å². The van der Waals surface area contributed by atoms with Crippen LogP contribution in [0.5, 0.6) is 0 Å². The maximum absolute atomic E-state index is 12.3. The van der Waals surface area contributed by atoms with Crippen LogP contribution in [-0.2, 0) is 9.84 Å². The Bertz CT molecular complexity index is 613. The van der Waals surface area contributed by atoms with Crippen molar-refractivity contribution >= 4 is 9.84 Å². The van der Waals surface area contributed by atoms with Gasteiger partial charge in [-0.25, -0.2) is 8.42 Å². The van der Waals surface area contributed by atoms with Crippen LogP contribution in [0, 0.1) is 11.3 Å². The minimum atomic E-state index is -3.43. The van der Waals surface area contributed by atoms with Crippen molar-refractivity contribution in [3.8, 4) is 6.07 Å². The lowest BCUT2D eigenvalue weighted by atomic mass is 10.1. The molecule has 0 aromatic heterocycles. The molecule has 0 aliphatic rings. The average molecular weight is 310 g/mol. The largest absolute Gasteiger partial charge is 0.389 e. The molecule has 0 radical (unpaired) electrons. The van der Waals surface area contributed by atoms with Crippen molar-refractivity contribution in [2.75, 3.05) is 25.4 Å². The molecule has 5 nitrogen and oxygen atoms in total. The molecular formula is C15H22N2O3S. The first kappa shape index (κ1) is 17.6. The molecule has 1 aromatic rings. The highest BCUT2D eigenvalue weighted by atomic mass is 32.2. The molecule has 116 valence electrons. The summed E-state index contributed by atoms with van der Waals surface area (Å²) in [5, 5.41) is 18.6. The highest BCUT2D eigenvalue weighted by Crippen LogP contribution is 2.14. The Morgan fingerprint density at radius 1 is 1.38 bits per heavy atom. The van der Waals surface area contributed by atoms with Gasteiger partial charge in [-0.05, 0) is 38.6 Å². The van der Waals surface area contributed by atoms with Crippen molar-refractivity contribution in [3.63, 3.8) is 0 Å². The summed E-state index contributed by atoms with van der Waals surface area (Å²) in [5.41, 5.74) is -0.527. The number of nitrogens with zero attached hydrogens (tertiary/aromatic N) is 2. The third-order valence-corrected chi connectivity index (χ3v) is 4.75. The first-order chi connectivity index (χ1) is 9.68. The van der Waals surface area contributed by atoms with Crippen LogP contribution >= 0.6 is 0 Å². The number of sulfone groups is 1. The van der Waals surface area contributed by atoms with Crippen LogP contribution in [0.25, 0.3) is 0 Å².